The topological polar surface area (TPSA) is 39.9 Å². The molecule has 0 saturated heterocycles. The minimum atomic E-state index is -0.222. The molecule has 160 valence electrons. The van der Waals surface area contributed by atoms with Crippen LogP contribution in [-0.4, -0.2) is 21.9 Å². The van der Waals surface area contributed by atoms with Gasteiger partial charge in [0, 0.05) is 22.0 Å². The molecule has 1 atom stereocenters. The summed E-state index contributed by atoms with van der Waals surface area (Å²) in [5.74, 6) is 1.53. The first kappa shape index (κ1) is 20.3. The van der Waals surface area contributed by atoms with Crippen molar-refractivity contribution in [2.75, 3.05) is 7.11 Å². The van der Waals surface area contributed by atoms with E-state index in [1.807, 2.05) is 28.9 Å². The van der Waals surface area contributed by atoms with Crippen molar-refractivity contribution in [1.29, 1.82) is 0 Å². The summed E-state index contributed by atoms with van der Waals surface area (Å²) in [4.78, 5) is 4.82. The lowest BCUT2D eigenvalue weighted by Crippen LogP contribution is -2.23. The van der Waals surface area contributed by atoms with Crippen molar-refractivity contribution in [3.63, 3.8) is 0 Å². The van der Waals surface area contributed by atoms with Crippen LogP contribution in [0.4, 0.5) is 4.39 Å². The Balaban J connectivity index is 1.33. The predicted molar refractivity (Wildman–Crippen MR) is 122 cm³/mol. The molecule has 5 rings (SSSR count). The molecule has 1 aliphatic carbocycles. The normalized spacial score (nSPS) is 20.3. The Bertz CT molecular complexity index is 1250. The van der Waals surface area contributed by atoms with Crippen molar-refractivity contribution < 1.29 is 9.13 Å². The zero-order valence-corrected chi connectivity index (χ0v) is 18.4. The number of ether oxygens (including phenoxy) is 1. The lowest BCUT2D eigenvalue weighted by Gasteiger charge is -2.32. The highest BCUT2D eigenvalue weighted by Gasteiger charge is 2.30. The maximum Gasteiger partial charge on any atom is 0.219 e. The second kappa shape index (κ2) is 8.12. The van der Waals surface area contributed by atoms with Crippen LogP contribution < -0.4 is 4.74 Å². The van der Waals surface area contributed by atoms with Crippen LogP contribution in [0, 0.1) is 11.7 Å². The molecule has 1 saturated carbocycles. The average Bonchev–Trinajstić information content (AvgIpc) is 3.16. The third-order valence-corrected chi connectivity index (χ3v) is 6.97. The molecule has 31 heavy (non-hydrogen) atoms. The Morgan fingerprint density at radius 3 is 2.61 bits per heavy atom. The first-order valence-electron chi connectivity index (χ1n) is 10.8. The van der Waals surface area contributed by atoms with Gasteiger partial charge in [-0.1, -0.05) is 17.7 Å². The molecule has 4 aromatic rings. The summed E-state index contributed by atoms with van der Waals surface area (Å²) in [6, 6.07) is 14.8. The van der Waals surface area contributed by atoms with E-state index in [1.165, 1.54) is 6.07 Å². The third kappa shape index (κ3) is 3.76. The van der Waals surface area contributed by atoms with Crippen LogP contribution in [0.15, 0.2) is 48.5 Å². The molecule has 4 nitrogen and oxygen atoms in total. The zero-order valence-electron chi connectivity index (χ0n) is 17.7. The van der Waals surface area contributed by atoms with E-state index in [2.05, 4.69) is 13.0 Å². The van der Waals surface area contributed by atoms with Gasteiger partial charge in [-0.3, -0.25) is 4.98 Å². The molecule has 0 radical (unpaired) electrons. The van der Waals surface area contributed by atoms with Gasteiger partial charge in [0.05, 0.1) is 29.6 Å². The van der Waals surface area contributed by atoms with Crippen LogP contribution in [0.5, 0.6) is 5.88 Å². The number of nitrogens with zero attached hydrogens (tertiary/aromatic N) is 3. The van der Waals surface area contributed by atoms with Crippen LogP contribution in [0.25, 0.3) is 21.8 Å². The second-order valence-corrected chi connectivity index (χ2v) is 8.98. The summed E-state index contributed by atoms with van der Waals surface area (Å²) >= 11 is 6.16. The van der Waals surface area contributed by atoms with Gasteiger partial charge in [-0.25, -0.2) is 9.07 Å². The molecule has 1 aliphatic rings. The standard InChI is InChI=1S/C25H25ClFN3O/c1-15(30-25(31-2)21-10-8-19(26)14-24(21)29-30)16-3-5-17(6-4-16)22-11-7-18-13-20(27)9-12-23(18)28-22/h7-17H,3-6H2,1-2H3/t15-,16?,17?/m0/s1. The summed E-state index contributed by atoms with van der Waals surface area (Å²) in [7, 11) is 1.70. The summed E-state index contributed by atoms with van der Waals surface area (Å²) in [6.45, 7) is 2.23. The lowest BCUT2D eigenvalue weighted by atomic mass is 9.77. The van der Waals surface area contributed by atoms with E-state index in [1.54, 1.807) is 19.2 Å². The smallest absolute Gasteiger partial charge is 0.219 e. The molecule has 0 amide bonds. The average molecular weight is 438 g/mol. The molecular weight excluding hydrogens is 413 g/mol. The largest absolute Gasteiger partial charge is 0.481 e. The summed E-state index contributed by atoms with van der Waals surface area (Å²) in [5, 5.41) is 7.32. The molecule has 0 unspecified atom stereocenters. The van der Waals surface area contributed by atoms with Gasteiger partial charge in [0.25, 0.3) is 0 Å². The number of halogens is 2. The van der Waals surface area contributed by atoms with Gasteiger partial charge in [0.1, 0.15) is 5.82 Å². The minimum absolute atomic E-state index is 0.222. The fourth-order valence-electron chi connectivity index (χ4n) is 4.97. The Labute approximate surface area is 186 Å². The van der Waals surface area contributed by atoms with E-state index in [0.29, 0.717) is 16.9 Å². The van der Waals surface area contributed by atoms with Crippen molar-refractivity contribution in [3.8, 4) is 5.88 Å². The number of methoxy groups -OCH3 is 1. The fourth-order valence-corrected chi connectivity index (χ4v) is 5.14. The van der Waals surface area contributed by atoms with Crippen molar-refractivity contribution in [3.05, 3.63) is 65.1 Å². The van der Waals surface area contributed by atoms with Crippen molar-refractivity contribution >= 4 is 33.4 Å². The third-order valence-electron chi connectivity index (χ3n) is 6.74. The molecular formula is C25H25ClFN3O. The first-order valence-corrected chi connectivity index (χ1v) is 11.2. The van der Waals surface area contributed by atoms with Gasteiger partial charge in [-0.15, -0.1) is 0 Å². The highest BCUT2D eigenvalue weighted by Crippen LogP contribution is 2.42. The van der Waals surface area contributed by atoms with E-state index < -0.39 is 0 Å². The fraction of sp³-hybridized carbons (Fsp3) is 0.360. The first-order chi connectivity index (χ1) is 15.0. The number of fused-ring (bicyclic) bond motifs is 2. The minimum Gasteiger partial charge on any atom is -0.481 e. The molecule has 0 bridgehead atoms. The number of hydrogen-bond donors (Lipinski definition) is 0. The highest BCUT2D eigenvalue weighted by atomic mass is 35.5. The van der Waals surface area contributed by atoms with E-state index >= 15 is 0 Å². The van der Waals surface area contributed by atoms with Gasteiger partial charge >= 0.3 is 0 Å². The number of aromatic nitrogens is 3. The van der Waals surface area contributed by atoms with E-state index in [4.69, 9.17) is 26.4 Å². The molecule has 0 spiro atoms. The Hall–Kier alpha value is -2.66. The Kier molecular flexibility index (Phi) is 5.30. The molecule has 0 N–H and O–H groups in total. The van der Waals surface area contributed by atoms with Crippen molar-refractivity contribution in [2.24, 2.45) is 5.92 Å². The van der Waals surface area contributed by atoms with Crippen molar-refractivity contribution in [1.82, 2.24) is 14.8 Å². The second-order valence-electron chi connectivity index (χ2n) is 8.54. The van der Waals surface area contributed by atoms with Crippen LogP contribution in [-0.2, 0) is 0 Å². The number of hydrogen-bond acceptors (Lipinski definition) is 3. The van der Waals surface area contributed by atoms with Gasteiger partial charge in [0.2, 0.25) is 5.88 Å². The molecule has 1 fully saturated rings. The SMILES string of the molecule is COc1c2ccc(Cl)cc2nn1[C@@H](C)C1CCC(c2ccc3cc(F)ccc3n2)CC1. The molecule has 0 aliphatic heterocycles. The monoisotopic (exact) mass is 437 g/mol. The Morgan fingerprint density at radius 2 is 1.84 bits per heavy atom. The molecule has 2 aromatic heterocycles. The van der Waals surface area contributed by atoms with Crippen molar-refractivity contribution in [2.45, 2.75) is 44.6 Å². The van der Waals surface area contributed by atoms with E-state index in [9.17, 15) is 4.39 Å². The molecule has 6 heteroatoms. The van der Waals surface area contributed by atoms with Crippen LogP contribution in [0.1, 0.15) is 50.3 Å². The zero-order chi connectivity index (χ0) is 21.5. The van der Waals surface area contributed by atoms with E-state index in [0.717, 1.165) is 59.1 Å². The number of pyridine rings is 1. The molecule has 2 aromatic carbocycles. The van der Waals surface area contributed by atoms with Gasteiger partial charge < -0.3 is 4.74 Å². The highest BCUT2D eigenvalue weighted by molar-refractivity contribution is 6.31. The predicted octanol–water partition coefficient (Wildman–Crippen LogP) is 6.92. The lowest BCUT2D eigenvalue weighted by molar-refractivity contribution is 0.218. The molecule has 2 heterocycles. The number of benzene rings is 2. The van der Waals surface area contributed by atoms with Crippen LogP contribution in [0.3, 0.4) is 0 Å². The Morgan fingerprint density at radius 1 is 1.03 bits per heavy atom. The van der Waals surface area contributed by atoms with Crippen LogP contribution in [0.2, 0.25) is 5.02 Å². The maximum absolute atomic E-state index is 13.4. The summed E-state index contributed by atoms with van der Waals surface area (Å²) in [5.41, 5.74) is 2.84. The number of rotatable bonds is 4. The quantitative estimate of drug-likeness (QED) is 0.348. The van der Waals surface area contributed by atoms with E-state index in [-0.39, 0.29) is 11.9 Å². The van der Waals surface area contributed by atoms with Gasteiger partial charge in [-0.2, -0.15) is 5.10 Å². The maximum atomic E-state index is 13.4. The van der Waals surface area contributed by atoms with Gasteiger partial charge in [-0.05, 0) is 81.0 Å². The summed E-state index contributed by atoms with van der Waals surface area (Å²) in [6.07, 6.45) is 4.39. The van der Waals surface area contributed by atoms with Crippen LogP contribution >= 0.6 is 11.6 Å². The summed E-state index contributed by atoms with van der Waals surface area (Å²) < 4.78 is 21.2. The van der Waals surface area contributed by atoms with Gasteiger partial charge in [0.15, 0.2) is 0 Å².